The lowest BCUT2D eigenvalue weighted by atomic mass is 10.1. The molecule has 1 amide bonds. The van der Waals surface area contributed by atoms with E-state index >= 15 is 0 Å². The Morgan fingerprint density at radius 2 is 1.83 bits per heavy atom. The molecule has 0 saturated carbocycles. The van der Waals surface area contributed by atoms with Crippen molar-refractivity contribution in [3.05, 3.63) is 84.2 Å². The van der Waals surface area contributed by atoms with Crippen LogP contribution in [0.2, 0.25) is 0 Å². The van der Waals surface area contributed by atoms with Gasteiger partial charge in [-0.1, -0.05) is 24.3 Å². The maximum Gasteiger partial charge on any atom is 0.224 e. The molecule has 0 radical (unpaired) electrons. The molecule has 29 heavy (non-hydrogen) atoms. The van der Waals surface area contributed by atoms with Gasteiger partial charge in [0, 0.05) is 18.3 Å². The lowest BCUT2D eigenvalue weighted by Gasteiger charge is -2.08. The zero-order chi connectivity index (χ0) is 20.3. The summed E-state index contributed by atoms with van der Waals surface area (Å²) in [6.07, 6.45) is 6.70. The molecule has 148 valence electrons. The summed E-state index contributed by atoms with van der Waals surface area (Å²) in [6, 6.07) is 20.9. The van der Waals surface area contributed by atoms with Crippen molar-refractivity contribution >= 4 is 23.7 Å². The number of pyridine rings is 1. The highest BCUT2D eigenvalue weighted by molar-refractivity contribution is 5.91. The molecule has 0 aliphatic rings. The van der Waals surface area contributed by atoms with Crippen LogP contribution >= 0.6 is 0 Å². The van der Waals surface area contributed by atoms with E-state index in [0.717, 1.165) is 28.4 Å². The van der Waals surface area contributed by atoms with Crippen molar-refractivity contribution in [2.75, 3.05) is 19.0 Å². The highest BCUT2D eigenvalue weighted by atomic mass is 16.5. The van der Waals surface area contributed by atoms with Crippen molar-refractivity contribution in [2.24, 2.45) is 0 Å². The molecule has 1 N–H and O–H groups in total. The van der Waals surface area contributed by atoms with Gasteiger partial charge in [-0.05, 0) is 66.6 Å². The van der Waals surface area contributed by atoms with Crippen LogP contribution in [0, 0.1) is 0 Å². The summed E-state index contributed by atoms with van der Waals surface area (Å²) in [4.78, 5) is 16.4. The van der Waals surface area contributed by atoms with Gasteiger partial charge in [0.25, 0.3) is 0 Å². The summed E-state index contributed by atoms with van der Waals surface area (Å²) in [5.41, 5.74) is 2.66. The molecule has 5 heteroatoms. The minimum Gasteiger partial charge on any atom is -0.497 e. The van der Waals surface area contributed by atoms with Crippen LogP contribution in [0.4, 0.5) is 5.69 Å². The van der Waals surface area contributed by atoms with Crippen LogP contribution in [0.5, 0.6) is 11.5 Å². The first kappa shape index (κ1) is 20.1. The average molecular weight is 388 g/mol. The first-order valence-corrected chi connectivity index (χ1v) is 9.49. The van der Waals surface area contributed by atoms with Gasteiger partial charge in [0.05, 0.1) is 19.4 Å². The van der Waals surface area contributed by atoms with E-state index in [-0.39, 0.29) is 5.91 Å². The quantitative estimate of drug-likeness (QED) is 0.521. The highest BCUT2D eigenvalue weighted by Gasteiger charge is 2.03. The van der Waals surface area contributed by atoms with Crippen molar-refractivity contribution < 1.29 is 14.3 Å². The third-order valence-electron chi connectivity index (χ3n) is 4.18. The predicted molar refractivity (Wildman–Crippen MR) is 116 cm³/mol. The van der Waals surface area contributed by atoms with Crippen molar-refractivity contribution in [2.45, 2.75) is 12.8 Å². The SMILES string of the molecule is COc1ccc(OCCCC(=O)Nc2cccc(/C=C/c3ccccn3)c2)cc1. The van der Waals surface area contributed by atoms with Gasteiger partial charge in [0.2, 0.25) is 5.91 Å². The van der Waals surface area contributed by atoms with Crippen molar-refractivity contribution in [3.8, 4) is 11.5 Å². The maximum atomic E-state index is 12.2. The molecule has 0 aliphatic carbocycles. The lowest BCUT2D eigenvalue weighted by Crippen LogP contribution is -2.12. The summed E-state index contributed by atoms with van der Waals surface area (Å²) in [5.74, 6) is 1.52. The van der Waals surface area contributed by atoms with E-state index in [1.165, 1.54) is 0 Å². The fraction of sp³-hybridized carbons (Fsp3) is 0.167. The van der Waals surface area contributed by atoms with Gasteiger partial charge < -0.3 is 14.8 Å². The number of aromatic nitrogens is 1. The Labute approximate surface area is 171 Å². The van der Waals surface area contributed by atoms with Gasteiger partial charge in [-0.25, -0.2) is 0 Å². The molecule has 3 aromatic rings. The van der Waals surface area contributed by atoms with Crippen LogP contribution in [-0.2, 0) is 4.79 Å². The molecular weight excluding hydrogens is 364 g/mol. The molecule has 5 nitrogen and oxygen atoms in total. The number of nitrogens with zero attached hydrogens (tertiary/aromatic N) is 1. The molecule has 3 rings (SSSR count). The Hall–Kier alpha value is -3.60. The van der Waals surface area contributed by atoms with Gasteiger partial charge >= 0.3 is 0 Å². The normalized spacial score (nSPS) is 10.7. The smallest absolute Gasteiger partial charge is 0.224 e. The van der Waals surface area contributed by atoms with Gasteiger partial charge in [0.1, 0.15) is 11.5 Å². The first-order valence-electron chi connectivity index (χ1n) is 9.49. The third kappa shape index (κ3) is 6.81. The van der Waals surface area contributed by atoms with E-state index in [9.17, 15) is 4.79 Å². The van der Waals surface area contributed by atoms with Crippen LogP contribution < -0.4 is 14.8 Å². The zero-order valence-corrected chi connectivity index (χ0v) is 16.4. The number of carbonyl (C=O) groups excluding carboxylic acids is 1. The number of rotatable bonds is 9. The van der Waals surface area contributed by atoms with E-state index in [2.05, 4.69) is 10.3 Å². The minimum atomic E-state index is -0.0332. The van der Waals surface area contributed by atoms with E-state index in [1.54, 1.807) is 13.3 Å². The topological polar surface area (TPSA) is 60.5 Å². The summed E-state index contributed by atoms with van der Waals surface area (Å²) < 4.78 is 10.8. The second-order valence-electron chi connectivity index (χ2n) is 6.39. The molecule has 0 saturated heterocycles. The number of nitrogens with one attached hydrogen (secondary N) is 1. The van der Waals surface area contributed by atoms with E-state index < -0.39 is 0 Å². The highest BCUT2D eigenvalue weighted by Crippen LogP contribution is 2.17. The van der Waals surface area contributed by atoms with Crippen molar-refractivity contribution in [1.82, 2.24) is 4.98 Å². The van der Waals surface area contributed by atoms with Crippen LogP contribution in [-0.4, -0.2) is 24.6 Å². The zero-order valence-electron chi connectivity index (χ0n) is 16.4. The molecule has 0 aliphatic heterocycles. The van der Waals surface area contributed by atoms with Crippen LogP contribution in [0.25, 0.3) is 12.2 Å². The standard InChI is InChI=1S/C24H24N2O3/c1-28-22-12-14-23(15-13-22)29-17-5-9-24(27)26-21-8-4-6-19(18-21)10-11-20-7-2-3-16-25-20/h2-4,6-8,10-16,18H,5,9,17H2,1H3,(H,26,27)/b11-10+. The number of anilines is 1. The molecule has 0 atom stereocenters. The van der Waals surface area contributed by atoms with E-state index in [1.807, 2.05) is 78.9 Å². The summed E-state index contributed by atoms with van der Waals surface area (Å²) in [5, 5.41) is 2.93. The van der Waals surface area contributed by atoms with Crippen molar-refractivity contribution in [1.29, 1.82) is 0 Å². The fourth-order valence-corrected chi connectivity index (χ4v) is 2.69. The number of amides is 1. The third-order valence-corrected chi connectivity index (χ3v) is 4.18. The summed E-state index contributed by atoms with van der Waals surface area (Å²) in [6.45, 7) is 0.479. The van der Waals surface area contributed by atoms with Gasteiger partial charge in [0.15, 0.2) is 0 Å². The summed E-state index contributed by atoms with van der Waals surface area (Å²) >= 11 is 0. The lowest BCUT2D eigenvalue weighted by molar-refractivity contribution is -0.116. The summed E-state index contributed by atoms with van der Waals surface area (Å²) in [7, 11) is 1.63. The molecule has 0 spiro atoms. The largest absolute Gasteiger partial charge is 0.497 e. The number of hydrogen-bond donors (Lipinski definition) is 1. The van der Waals surface area contributed by atoms with E-state index in [0.29, 0.717) is 19.4 Å². The number of hydrogen-bond acceptors (Lipinski definition) is 4. The second kappa shape index (κ2) is 10.7. The van der Waals surface area contributed by atoms with Crippen LogP contribution in [0.15, 0.2) is 72.9 Å². The Balaban J connectivity index is 1.43. The van der Waals surface area contributed by atoms with Crippen molar-refractivity contribution in [3.63, 3.8) is 0 Å². The van der Waals surface area contributed by atoms with Crippen LogP contribution in [0.3, 0.4) is 0 Å². The number of benzene rings is 2. The fourth-order valence-electron chi connectivity index (χ4n) is 2.69. The second-order valence-corrected chi connectivity index (χ2v) is 6.39. The van der Waals surface area contributed by atoms with Crippen LogP contribution in [0.1, 0.15) is 24.1 Å². The van der Waals surface area contributed by atoms with Gasteiger partial charge in [-0.15, -0.1) is 0 Å². The van der Waals surface area contributed by atoms with Gasteiger partial charge in [-0.3, -0.25) is 9.78 Å². The number of ether oxygens (including phenoxy) is 2. The number of methoxy groups -OCH3 is 1. The molecule has 0 unspecified atom stereocenters. The molecule has 2 aromatic carbocycles. The van der Waals surface area contributed by atoms with Gasteiger partial charge in [-0.2, -0.15) is 0 Å². The molecular formula is C24H24N2O3. The molecule has 1 aromatic heterocycles. The Morgan fingerprint density at radius 1 is 1.00 bits per heavy atom. The molecule has 0 bridgehead atoms. The maximum absolute atomic E-state index is 12.2. The first-order chi connectivity index (χ1) is 14.2. The Morgan fingerprint density at radius 3 is 2.59 bits per heavy atom. The number of carbonyl (C=O) groups is 1. The minimum absolute atomic E-state index is 0.0332. The Bertz CT molecular complexity index is 938. The molecule has 0 fully saturated rings. The average Bonchev–Trinajstić information content (AvgIpc) is 2.77. The predicted octanol–water partition coefficient (Wildman–Crippen LogP) is 5.06. The van der Waals surface area contributed by atoms with E-state index in [4.69, 9.17) is 9.47 Å². The molecule has 1 heterocycles. The Kier molecular flexibility index (Phi) is 7.41. The monoisotopic (exact) mass is 388 g/mol.